The molecule has 0 fully saturated rings. The summed E-state index contributed by atoms with van der Waals surface area (Å²) in [7, 11) is -4.10. The first-order valence-electron chi connectivity index (χ1n) is 14.0. The number of carbonyl (C=O) groups excluding carboxylic acids is 2. The predicted octanol–water partition coefficient (Wildman–Crippen LogP) is 5.57. The number of amides is 2. The fourth-order valence-electron chi connectivity index (χ4n) is 4.81. The van der Waals surface area contributed by atoms with Gasteiger partial charge in [0.25, 0.3) is 10.0 Å². The van der Waals surface area contributed by atoms with Crippen LogP contribution in [0.2, 0.25) is 0 Å². The van der Waals surface area contributed by atoms with Crippen LogP contribution in [0.15, 0.2) is 77.7 Å². The largest absolute Gasteiger partial charge is 0.350 e. The van der Waals surface area contributed by atoms with Crippen molar-refractivity contribution in [2.75, 3.05) is 17.4 Å². The van der Waals surface area contributed by atoms with Crippen LogP contribution < -0.4 is 9.62 Å². The molecule has 0 aliphatic rings. The van der Waals surface area contributed by atoms with E-state index in [1.807, 2.05) is 84.9 Å². The predicted molar refractivity (Wildman–Crippen MR) is 165 cm³/mol. The minimum Gasteiger partial charge on any atom is -0.350 e. The molecule has 8 heteroatoms. The molecule has 1 unspecified atom stereocenters. The Kier molecular flexibility index (Phi) is 10.4. The van der Waals surface area contributed by atoms with Gasteiger partial charge in [-0.1, -0.05) is 61.0 Å². The summed E-state index contributed by atoms with van der Waals surface area (Å²) in [6.45, 7) is 13.0. The SMILES string of the molecule is CCC(C(=O)NC(C)(C)C)N(CCc1ccccc1)C(=O)CN(c1cc(C)cc(C)c1)S(=O)(=O)c1ccc(C)cc1. The first kappa shape index (κ1) is 31.9. The molecule has 0 aliphatic heterocycles. The summed E-state index contributed by atoms with van der Waals surface area (Å²) >= 11 is 0. The Morgan fingerprint density at radius 2 is 1.44 bits per heavy atom. The lowest BCUT2D eigenvalue weighted by Crippen LogP contribution is -2.56. The molecule has 0 saturated carbocycles. The third-order valence-corrected chi connectivity index (χ3v) is 8.54. The first-order chi connectivity index (χ1) is 19.2. The molecule has 1 atom stereocenters. The molecular formula is C33H43N3O4S. The van der Waals surface area contributed by atoms with Gasteiger partial charge in [0.05, 0.1) is 10.6 Å². The number of benzene rings is 3. The van der Waals surface area contributed by atoms with Crippen molar-refractivity contribution in [2.24, 2.45) is 0 Å². The van der Waals surface area contributed by atoms with Crippen LogP contribution in [0, 0.1) is 20.8 Å². The maximum Gasteiger partial charge on any atom is 0.264 e. The zero-order valence-corrected chi connectivity index (χ0v) is 26.1. The molecule has 3 aromatic carbocycles. The van der Waals surface area contributed by atoms with Gasteiger partial charge in [0.2, 0.25) is 11.8 Å². The minimum absolute atomic E-state index is 0.100. The van der Waals surface area contributed by atoms with Crippen LogP contribution >= 0.6 is 0 Å². The third kappa shape index (κ3) is 8.67. The molecule has 3 rings (SSSR count). The molecule has 220 valence electrons. The van der Waals surface area contributed by atoms with Crippen molar-refractivity contribution in [3.8, 4) is 0 Å². The Balaban J connectivity index is 2.05. The first-order valence-corrected chi connectivity index (χ1v) is 15.5. The van der Waals surface area contributed by atoms with Gasteiger partial charge in [-0.25, -0.2) is 8.42 Å². The van der Waals surface area contributed by atoms with Crippen molar-refractivity contribution in [1.82, 2.24) is 10.2 Å². The van der Waals surface area contributed by atoms with Crippen molar-refractivity contribution in [3.05, 3.63) is 95.1 Å². The van der Waals surface area contributed by atoms with Crippen molar-refractivity contribution < 1.29 is 18.0 Å². The maximum absolute atomic E-state index is 14.2. The number of rotatable bonds is 11. The standard InChI is InChI=1S/C33H43N3O4S/c1-8-30(32(38)34-33(5,6)7)35(19-18-27-12-10-9-11-13-27)31(37)23-36(28-21-25(3)20-26(4)22-28)41(39,40)29-16-14-24(2)15-17-29/h9-17,20-22,30H,8,18-19,23H2,1-7H3,(H,34,38). The fraction of sp³-hybridized carbons (Fsp3) is 0.394. The molecule has 0 saturated heterocycles. The molecule has 2 amide bonds. The number of sulfonamides is 1. The Labute approximate surface area is 245 Å². The average molecular weight is 578 g/mol. The third-order valence-electron chi connectivity index (χ3n) is 6.75. The molecule has 41 heavy (non-hydrogen) atoms. The van der Waals surface area contributed by atoms with Crippen molar-refractivity contribution in [1.29, 1.82) is 0 Å². The van der Waals surface area contributed by atoms with Crippen LogP contribution in [0.1, 0.15) is 56.4 Å². The fourth-order valence-corrected chi connectivity index (χ4v) is 6.21. The average Bonchev–Trinajstić information content (AvgIpc) is 2.88. The highest BCUT2D eigenvalue weighted by atomic mass is 32.2. The van der Waals surface area contributed by atoms with E-state index < -0.39 is 34.1 Å². The van der Waals surface area contributed by atoms with Crippen LogP contribution in [0.25, 0.3) is 0 Å². The summed E-state index contributed by atoms with van der Waals surface area (Å²) in [6, 6.07) is 21.1. The van der Waals surface area contributed by atoms with E-state index in [9.17, 15) is 18.0 Å². The van der Waals surface area contributed by atoms with Crippen molar-refractivity contribution in [3.63, 3.8) is 0 Å². The molecule has 7 nitrogen and oxygen atoms in total. The lowest BCUT2D eigenvalue weighted by molar-refractivity contribution is -0.140. The number of hydrogen-bond acceptors (Lipinski definition) is 4. The van der Waals surface area contributed by atoms with Gasteiger partial charge in [-0.2, -0.15) is 0 Å². The molecule has 0 radical (unpaired) electrons. The zero-order valence-electron chi connectivity index (χ0n) is 25.3. The number of hydrogen-bond donors (Lipinski definition) is 1. The van der Waals surface area contributed by atoms with E-state index >= 15 is 0 Å². The van der Waals surface area contributed by atoms with E-state index in [2.05, 4.69) is 5.32 Å². The molecule has 0 heterocycles. The lowest BCUT2D eigenvalue weighted by atomic mass is 10.1. The van der Waals surface area contributed by atoms with Gasteiger partial charge >= 0.3 is 0 Å². The summed E-state index contributed by atoms with van der Waals surface area (Å²) in [5.74, 6) is -0.701. The minimum atomic E-state index is -4.10. The quantitative estimate of drug-likeness (QED) is 0.323. The number of carbonyl (C=O) groups is 2. The molecule has 1 N–H and O–H groups in total. The summed E-state index contributed by atoms with van der Waals surface area (Å²) in [6.07, 6.45) is 0.914. The zero-order chi connectivity index (χ0) is 30.4. The van der Waals surface area contributed by atoms with E-state index in [0.29, 0.717) is 18.5 Å². The van der Waals surface area contributed by atoms with Gasteiger partial charge in [-0.05, 0) is 95.3 Å². The topological polar surface area (TPSA) is 86.8 Å². The summed E-state index contributed by atoms with van der Waals surface area (Å²) in [5.41, 5.74) is 3.64. The molecule has 0 bridgehead atoms. The Bertz CT molecular complexity index is 1430. The van der Waals surface area contributed by atoms with Crippen LogP contribution in [0.3, 0.4) is 0 Å². The Hall–Kier alpha value is -3.65. The van der Waals surface area contributed by atoms with Gasteiger partial charge in [0.15, 0.2) is 0 Å². The monoisotopic (exact) mass is 577 g/mol. The molecule has 3 aromatic rings. The molecule has 0 aromatic heterocycles. The summed E-state index contributed by atoms with van der Waals surface area (Å²) in [5, 5.41) is 3.00. The maximum atomic E-state index is 14.2. The number of nitrogens with one attached hydrogen (secondary N) is 1. The Morgan fingerprint density at radius 1 is 0.854 bits per heavy atom. The normalized spacial score (nSPS) is 12.5. The van der Waals surface area contributed by atoms with Gasteiger partial charge in [0, 0.05) is 12.1 Å². The molecular weight excluding hydrogens is 534 g/mol. The van der Waals surface area contributed by atoms with Crippen LogP contribution in [-0.4, -0.2) is 49.8 Å². The van der Waals surface area contributed by atoms with Crippen molar-refractivity contribution in [2.45, 2.75) is 77.8 Å². The number of anilines is 1. The molecule has 0 spiro atoms. The highest BCUT2D eigenvalue weighted by Crippen LogP contribution is 2.27. The molecule has 0 aliphatic carbocycles. The van der Waals surface area contributed by atoms with E-state index in [-0.39, 0.29) is 17.3 Å². The number of nitrogens with zero attached hydrogens (tertiary/aromatic N) is 2. The van der Waals surface area contributed by atoms with Crippen LogP contribution in [0.4, 0.5) is 5.69 Å². The van der Waals surface area contributed by atoms with Gasteiger partial charge < -0.3 is 10.2 Å². The summed E-state index contributed by atoms with van der Waals surface area (Å²) < 4.78 is 29.3. The van der Waals surface area contributed by atoms with Crippen molar-refractivity contribution >= 4 is 27.5 Å². The van der Waals surface area contributed by atoms with Crippen LogP contribution in [-0.2, 0) is 26.0 Å². The van der Waals surface area contributed by atoms with Crippen LogP contribution in [0.5, 0.6) is 0 Å². The van der Waals surface area contributed by atoms with Gasteiger partial charge in [-0.15, -0.1) is 0 Å². The lowest BCUT2D eigenvalue weighted by Gasteiger charge is -2.35. The highest BCUT2D eigenvalue weighted by Gasteiger charge is 2.34. The van der Waals surface area contributed by atoms with E-state index in [1.54, 1.807) is 36.4 Å². The second-order valence-corrected chi connectivity index (χ2v) is 13.5. The smallest absolute Gasteiger partial charge is 0.264 e. The second kappa shape index (κ2) is 13.3. The number of aryl methyl sites for hydroxylation is 3. The van der Waals surface area contributed by atoms with E-state index in [0.717, 1.165) is 22.3 Å². The van der Waals surface area contributed by atoms with E-state index in [4.69, 9.17) is 0 Å². The highest BCUT2D eigenvalue weighted by molar-refractivity contribution is 7.92. The van der Waals surface area contributed by atoms with Gasteiger partial charge in [0.1, 0.15) is 12.6 Å². The van der Waals surface area contributed by atoms with E-state index in [1.165, 1.54) is 9.21 Å². The second-order valence-electron chi connectivity index (χ2n) is 11.7. The summed E-state index contributed by atoms with van der Waals surface area (Å²) in [4.78, 5) is 29.2. The Morgan fingerprint density at radius 3 is 1.98 bits per heavy atom. The van der Waals surface area contributed by atoms with Gasteiger partial charge in [-0.3, -0.25) is 13.9 Å².